The minimum absolute atomic E-state index is 0.118. The first-order valence-corrected chi connectivity index (χ1v) is 6.23. The van der Waals surface area contributed by atoms with Crippen molar-refractivity contribution in [3.63, 3.8) is 0 Å². The largest absolute Gasteiger partial charge is 0.394 e. The fraction of sp³-hybridized carbons (Fsp3) is 0.667. The molecule has 0 radical (unpaired) electrons. The number of nitrogens with zero attached hydrogens (tertiary/aromatic N) is 4. The molecule has 0 bridgehead atoms. The lowest BCUT2D eigenvalue weighted by atomic mass is 10.1. The van der Waals surface area contributed by atoms with Gasteiger partial charge in [-0.25, -0.2) is 0 Å². The number of rotatable bonds is 2. The molecule has 1 aliphatic rings. The molecule has 0 unspecified atom stereocenters. The fourth-order valence-corrected chi connectivity index (χ4v) is 2.29. The third kappa shape index (κ3) is 2.02. The van der Waals surface area contributed by atoms with Crippen molar-refractivity contribution < 1.29 is 4.79 Å². The molecule has 18 heavy (non-hydrogen) atoms. The van der Waals surface area contributed by atoms with E-state index in [0.29, 0.717) is 12.2 Å². The standard InChI is InChI=1S/C12H21N5O/c1-8(2)11-10(13)12(16(4)14-11)17-6-5-15(3)9(18)7-17/h8H,5-7,13H2,1-4H3. The quantitative estimate of drug-likeness (QED) is 0.826. The van der Waals surface area contributed by atoms with Gasteiger partial charge < -0.3 is 15.5 Å². The highest BCUT2D eigenvalue weighted by atomic mass is 16.2. The van der Waals surface area contributed by atoms with E-state index in [4.69, 9.17) is 5.73 Å². The van der Waals surface area contributed by atoms with Gasteiger partial charge in [-0.3, -0.25) is 9.48 Å². The first kappa shape index (κ1) is 12.7. The summed E-state index contributed by atoms with van der Waals surface area (Å²) in [6.45, 7) is 6.02. The number of nitrogens with two attached hydrogens (primary N) is 1. The maximum absolute atomic E-state index is 11.8. The third-order valence-electron chi connectivity index (χ3n) is 3.38. The summed E-state index contributed by atoms with van der Waals surface area (Å²) < 4.78 is 1.78. The minimum Gasteiger partial charge on any atom is -0.394 e. The number of anilines is 2. The van der Waals surface area contributed by atoms with Gasteiger partial charge in [-0.1, -0.05) is 13.8 Å². The van der Waals surface area contributed by atoms with Crippen LogP contribution < -0.4 is 10.6 Å². The van der Waals surface area contributed by atoms with Gasteiger partial charge in [-0.2, -0.15) is 5.10 Å². The van der Waals surface area contributed by atoms with Crippen LogP contribution in [-0.4, -0.2) is 47.3 Å². The summed E-state index contributed by atoms with van der Waals surface area (Å²) in [6, 6.07) is 0. The molecular formula is C12H21N5O. The highest BCUT2D eigenvalue weighted by molar-refractivity contribution is 5.84. The number of carbonyl (C=O) groups is 1. The number of piperazine rings is 1. The maximum Gasteiger partial charge on any atom is 0.241 e. The summed E-state index contributed by atoms with van der Waals surface area (Å²) >= 11 is 0. The van der Waals surface area contributed by atoms with Crippen molar-refractivity contribution in [3.8, 4) is 0 Å². The number of amides is 1. The Bertz CT molecular complexity index is 465. The van der Waals surface area contributed by atoms with Crippen molar-refractivity contribution in [1.82, 2.24) is 14.7 Å². The van der Waals surface area contributed by atoms with Crippen LogP contribution in [0.5, 0.6) is 0 Å². The summed E-state index contributed by atoms with van der Waals surface area (Å²) in [6.07, 6.45) is 0. The van der Waals surface area contributed by atoms with Gasteiger partial charge in [0.15, 0.2) is 5.82 Å². The van der Waals surface area contributed by atoms with Gasteiger partial charge in [0, 0.05) is 27.2 Å². The molecule has 2 rings (SSSR count). The number of nitrogen functional groups attached to an aromatic ring is 1. The van der Waals surface area contributed by atoms with Crippen molar-refractivity contribution in [1.29, 1.82) is 0 Å². The van der Waals surface area contributed by atoms with Gasteiger partial charge in [-0.05, 0) is 5.92 Å². The number of hydrogen-bond acceptors (Lipinski definition) is 4. The first-order chi connectivity index (χ1) is 8.41. The summed E-state index contributed by atoms with van der Waals surface area (Å²) in [7, 11) is 3.70. The van der Waals surface area contributed by atoms with E-state index in [2.05, 4.69) is 18.9 Å². The van der Waals surface area contributed by atoms with E-state index in [1.165, 1.54) is 0 Å². The van der Waals surface area contributed by atoms with Crippen LogP contribution in [0.3, 0.4) is 0 Å². The van der Waals surface area contributed by atoms with Gasteiger partial charge in [0.05, 0.1) is 17.9 Å². The molecule has 6 nitrogen and oxygen atoms in total. The summed E-state index contributed by atoms with van der Waals surface area (Å²) in [4.78, 5) is 15.5. The predicted molar refractivity (Wildman–Crippen MR) is 71.6 cm³/mol. The van der Waals surface area contributed by atoms with Crippen LogP contribution in [0.2, 0.25) is 0 Å². The molecular weight excluding hydrogens is 230 g/mol. The maximum atomic E-state index is 11.8. The lowest BCUT2D eigenvalue weighted by molar-refractivity contribution is -0.129. The average molecular weight is 251 g/mol. The minimum atomic E-state index is 0.118. The third-order valence-corrected chi connectivity index (χ3v) is 3.38. The predicted octanol–water partition coefficient (Wildman–Crippen LogP) is 0.404. The Morgan fingerprint density at radius 1 is 1.28 bits per heavy atom. The monoisotopic (exact) mass is 251 g/mol. The SMILES string of the molecule is CC(C)c1nn(C)c(N2CCN(C)C(=O)C2)c1N. The number of aryl methyl sites for hydroxylation is 1. The van der Waals surface area contributed by atoms with E-state index < -0.39 is 0 Å². The van der Waals surface area contributed by atoms with Crippen LogP contribution in [0.4, 0.5) is 11.5 Å². The Labute approximate surface area is 107 Å². The molecule has 1 saturated heterocycles. The van der Waals surface area contributed by atoms with E-state index in [9.17, 15) is 4.79 Å². The van der Waals surface area contributed by atoms with Gasteiger partial charge in [0.25, 0.3) is 0 Å². The van der Waals surface area contributed by atoms with Crippen molar-refractivity contribution in [3.05, 3.63) is 5.69 Å². The number of hydrogen-bond donors (Lipinski definition) is 1. The zero-order chi connectivity index (χ0) is 13.4. The summed E-state index contributed by atoms with van der Waals surface area (Å²) in [5.41, 5.74) is 7.77. The van der Waals surface area contributed by atoms with Crippen LogP contribution in [0.1, 0.15) is 25.5 Å². The first-order valence-electron chi connectivity index (χ1n) is 6.23. The lowest BCUT2D eigenvalue weighted by Gasteiger charge is -2.33. The van der Waals surface area contributed by atoms with E-state index >= 15 is 0 Å². The van der Waals surface area contributed by atoms with E-state index in [1.807, 2.05) is 19.0 Å². The highest BCUT2D eigenvalue weighted by Gasteiger charge is 2.26. The topological polar surface area (TPSA) is 67.4 Å². The van der Waals surface area contributed by atoms with Gasteiger partial charge in [0.1, 0.15) is 0 Å². The Balaban J connectivity index is 2.31. The average Bonchev–Trinajstić information content (AvgIpc) is 2.59. The summed E-state index contributed by atoms with van der Waals surface area (Å²) in [5.74, 6) is 1.27. The molecule has 6 heteroatoms. The molecule has 2 N–H and O–H groups in total. The number of likely N-dealkylation sites (N-methyl/N-ethyl adjacent to an activating group) is 1. The molecule has 1 fully saturated rings. The molecule has 0 atom stereocenters. The highest BCUT2D eigenvalue weighted by Crippen LogP contribution is 2.31. The van der Waals surface area contributed by atoms with Gasteiger partial charge >= 0.3 is 0 Å². The number of carbonyl (C=O) groups excluding carboxylic acids is 1. The molecule has 100 valence electrons. The molecule has 1 aromatic heterocycles. The molecule has 1 aliphatic heterocycles. The van der Waals surface area contributed by atoms with E-state index in [-0.39, 0.29) is 11.8 Å². The van der Waals surface area contributed by atoms with Crippen LogP contribution >= 0.6 is 0 Å². The fourth-order valence-electron chi connectivity index (χ4n) is 2.29. The second-order valence-corrected chi connectivity index (χ2v) is 5.14. The van der Waals surface area contributed by atoms with Crippen molar-refractivity contribution in [2.75, 3.05) is 37.3 Å². The van der Waals surface area contributed by atoms with Gasteiger partial charge in [-0.15, -0.1) is 0 Å². The van der Waals surface area contributed by atoms with E-state index in [0.717, 1.165) is 24.6 Å². The normalized spacial score (nSPS) is 16.8. The lowest BCUT2D eigenvalue weighted by Crippen LogP contribution is -2.49. The molecule has 2 heterocycles. The second kappa shape index (κ2) is 4.51. The second-order valence-electron chi connectivity index (χ2n) is 5.14. The van der Waals surface area contributed by atoms with Gasteiger partial charge in [0.2, 0.25) is 5.91 Å². The molecule has 0 saturated carbocycles. The molecule has 0 aromatic carbocycles. The summed E-state index contributed by atoms with van der Waals surface area (Å²) in [5, 5.41) is 4.45. The zero-order valence-electron chi connectivity index (χ0n) is 11.5. The van der Waals surface area contributed by atoms with E-state index in [1.54, 1.807) is 9.58 Å². The van der Waals surface area contributed by atoms with Crippen molar-refractivity contribution in [2.24, 2.45) is 7.05 Å². The smallest absolute Gasteiger partial charge is 0.241 e. The van der Waals surface area contributed by atoms with Crippen LogP contribution in [0.25, 0.3) is 0 Å². The van der Waals surface area contributed by atoms with Crippen molar-refractivity contribution in [2.45, 2.75) is 19.8 Å². The zero-order valence-corrected chi connectivity index (χ0v) is 11.5. The molecule has 1 aromatic rings. The Morgan fingerprint density at radius 3 is 2.44 bits per heavy atom. The Kier molecular flexibility index (Phi) is 3.19. The molecule has 0 aliphatic carbocycles. The molecule has 1 amide bonds. The van der Waals surface area contributed by atoms with Crippen LogP contribution in [0, 0.1) is 0 Å². The van der Waals surface area contributed by atoms with Crippen LogP contribution in [-0.2, 0) is 11.8 Å². The van der Waals surface area contributed by atoms with Crippen LogP contribution in [0.15, 0.2) is 0 Å². The Morgan fingerprint density at radius 2 is 1.94 bits per heavy atom. The number of aromatic nitrogens is 2. The molecule has 0 spiro atoms. The Hall–Kier alpha value is -1.72. The van der Waals surface area contributed by atoms with Crippen molar-refractivity contribution >= 4 is 17.4 Å².